The van der Waals surface area contributed by atoms with Crippen molar-refractivity contribution in [3.63, 3.8) is 0 Å². The molecule has 0 aliphatic carbocycles. The molecule has 0 aromatic heterocycles. The van der Waals surface area contributed by atoms with E-state index >= 15 is 0 Å². The molecule has 26 heavy (non-hydrogen) atoms. The largest absolute Gasteiger partial charge is 0.369 e. The molecule has 0 aliphatic heterocycles. The Bertz CT molecular complexity index is 294. The molecule has 0 bridgehead atoms. The average molecular weight is 370 g/mol. The van der Waals surface area contributed by atoms with Crippen LogP contribution >= 0.6 is 0 Å². The summed E-state index contributed by atoms with van der Waals surface area (Å²) < 4.78 is 5.56. The number of hydrogen-bond acceptors (Lipinski definition) is 2. The predicted molar refractivity (Wildman–Crippen MR) is 114 cm³/mol. The van der Waals surface area contributed by atoms with E-state index in [1.807, 2.05) is 13.8 Å². The highest BCUT2D eigenvalue weighted by Crippen LogP contribution is 2.13. The molecule has 0 spiro atoms. The van der Waals surface area contributed by atoms with Gasteiger partial charge in [0.25, 0.3) is 0 Å². The SMILES string of the molecule is CCCCCCCCCCCCCCCCCCOC(C)C(=O)NCC. The van der Waals surface area contributed by atoms with Crippen LogP contribution < -0.4 is 5.32 Å². The summed E-state index contributed by atoms with van der Waals surface area (Å²) in [5.41, 5.74) is 0. The summed E-state index contributed by atoms with van der Waals surface area (Å²) in [6.45, 7) is 7.42. The van der Waals surface area contributed by atoms with Crippen LogP contribution in [0, 0.1) is 0 Å². The molecule has 0 saturated carbocycles. The van der Waals surface area contributed by atoms with Crippen LogP contribution in [0.2, 0.25) is 0 Å². The van der Waals surface area contributed by atoms with Crippen LogP contribution in [-0.4, -0.2) is 25.2 Å². The smallest absolute Gasteiger partial charge is 0.248 e. The fraction of sp³-hybridized carbons (Fsp3) is 0.957. The van der Waals surface area contributed by atoms with Crippen molar-refractivity contribution in [1.29, 1.82) is 0 Å². The van der Waals surface area contributed by atoms with Crippen LogP contribution in [0.1, 0.15) is 124 Å². The number of ether oxygens (including phenoxy) is 1. The van der Waals surface area contributed by atoms with Gasteiger partial charge in [0.05, 0.1) is 0 Å². The van der Waals surface area contributed by atoms with Crippen LogP contribution in [0.5, 0.6) is 0 Å². The Morgan fingerprint density at radius 2 is 1.08 bits per heavy atom. The van der Waals surface area contributed by atoms with Gasteiger partial charge in [-0.2, -0.15) is 0 Å². The Kier molecular flexibility index (Phi) is 20.3. The van der Waals surface area contributed by atoms with Gasteiger partial charge in [-0.15, -0.1) is 0 Å². The third-order valence-electron chi connectivity index (χ3n) is 5.09. The lowest BCUT2D eigenvalue weighted by Crippen LogP contribution is -2.34. The summed E-state index contributed by atoms with van der Waals surface area (Å²) in [5, 5.41) is 2.79. The van der Waals surface area contributed by atoms with Crippen LogP contribution in [0.15, 0.2) is 0 Å². The lowest BCUT2D eigenvalue weighted by atomic mass is 10.0. The second-order valence-corrected chi connectivity index (χ2v) is 7.71. The lowest BCUT2D eigenvalue weighted by molar-refractivity contribution is -0.131. The molecular weight excluding hydrogens is 322 g/mol. The standard InChI is InChI=1S/C23H47NO2/c1-4-6-7-8-9-10-11-12-13-14-15-16-17-18-19-20-21-26-22(3)23(25)24-5-2/h22H,4-21H2,1-3H3,(H,24,25). The van der Waals surface area contributed by atoms with E-state index < -0.39 is 0 Å². The molecule has 0 rings (SSSR count). The molecule has 0 fully saturated rings. The van der Waals surface area contributed by atoms with Crippen molar-refractivity contribution in [1.82, 2.24) is 5.32 Å². The van der Waals surface area contributed by atoms with Crippen LogP contribution in [0.3, 0.4) is 0 Å². The van der Waals surface area contributed by atoms with Gasteiger partial charge in [0.15, 0.2) is 0 Å². The van der Waals surface area contributed by atoms with Gasteiger partial charge in [0, 0.05) is 13.2 Å². The van der Waals surface area contributed by atoms with Crippen molar-refractivity contribution >= 4 is 5.91 Å². The molecule has 0 radical (unpaired) electrons. The Labute approximate surface area is 164 Å². The summed E-state index contributed by atoms with van der Waals surface area (Å²) >= 11 is 0. The maximum atomic E-state index is 11.5. The third-order valence-corrected chi connectivity index (χ3v) is 5.09. The lowest BCUT2D eigenvalue weighted by Gasteiger charge is -2.12. The first kappa shape index (κ1) is 25.4. The maximum Gasteiger partial charge on any atom is 0.248 e. The van der Waals surface area contributed by atoms with Crippen molar-refractivity contribution in [2.45, 2.75) is 130 Å². The first-order valence-corrected chi connectivity index (χ1v) is 11.6. The van der Waals surface area contributed by atoms with E-state index in [9.17, 15) is 4.79 Å². The number of amides is 1. The Morgan fingerprint density at radius 1 is 0.692 bits per heavy atom. The Balaban J connectivity index is 3.12. The molecule has 0 saturated heterocycles. The number of likely N-dealkylation sites (N-methyl/N-ethyl adjacent to an activating group) is 1. The molecule has 0 aromatic carbocycles. The molecule has 1 N–H and O–H groups in total. The first-order chi connectivity index (χ1) is 12.7. The zero-order valence-electron chi connectivity index (χ0n) is 18.1. The highest BCUT2D eigenvalue weighted by Gasteiger charge is 2.10. The zero-order valence-corrected chi connectivity index (χ0v) is 18.1. The van der Waals surface area contributed by atoms with Crippen LogP contribution in [0.25, 0.3) is 0 Å². The molecule has 0 heterocycles. The van der Waals surface area contributed by atoms with Crippen LogP contribution in [-0.2, 0) is 9.53 Å². The highest BCUT2D eigenvalue weighted by atomic mass is 16.5. The second kappa shape index (κ2) is 20.7. The number of nitrogens with one attached hydrogen (secondary N) is 1. The molecule has 0 aromatic rings. The van der Waals surface area contributed by atoms with E-state index in [1.54, 1.807) is 0 Å². The van der Waals surface area contributed by atoms with Crippen molar-refractivity contribution in [3.8, 4) is 0 Å². The van der Waals surface area contributed by atoms with Gasteiger partial charge in [-0.25, -0.2) is 0 Å². The monoisotopic (exact) mass is 369 g/mol. The Morgan fingerprint density at radius 3 is 1.46 bits per heavy atom. The van der Waals surface area contributed by atoms with Crippen molar-refractivity contribution in [3.05, 3.63) is 0 Å². The fourth-order valence-electron chi connectivity index (χ4n) is 3.30. The topological polar surface area (TPSA) is 38.3 Å². The third kappa shape index (κ3) is 18.2. The molecule has 1 amide bonds. The Hall–Kier alpha value is -0.570. The zero-order chi connectivity index (χ0) is 19.3. The summed E-state index contributed by atoms with van der Waals surface area (Å²) in [6.07, 6.45) is 21.7. The number of rotatable bonds is 20. The van der Waals surface area contributed by atoms with Gasteiger partial charge in [0.2, 0.25) is 5.91 Å². The normalized spacial score (nSPS) is 12.3. The molecule has 1 unspecified atom stereocenters. The van der Waals surface area contributed by atoms with Gasteiger partial charge < -0.3 is 10.1 Å². The van der Waals surface area contributed by atoms with E-state index in [0.717, 1.165) is 6.42 Å². The van der Waals surface area contributed by atoms with Crippen molar-refractivity contribution < 1.29 is 9.53 Å². The van der Waals surface area contributed by atoms with Crippen molar-refractivity contribution in [2.24, 2.45) is 0 Å². The summed E-state index contributed by atoms with van der Waals surface area (Å²) in [5.74, 6) is 0.00370. The van der Waals surface area contributed by atoms with E-state index in [4.69, 9.17) is 4.74 Å². The quantitative estimate of drug-likeness (QED) is 0.240. The van der Waals surface area contributed by atoms with Gasteiger partial charge in [-0.1, -0.05) is 103 Å². The number of unbranched alkanes of at least 4 members (excludes halogenated alkanes) is 15. The summed E-state index contributed by atoms with van der Waals surface area (Å²) in [6, 6.07) is 0. The van der Waals surface area contributed by atoms with E-state index in [1.165, 1.54) is 96.3 Å². The van der Waals surface area contributed by atoms with E-state index in [2.05, 4.69) is 12.2 Å². The minimum absolute atomic E-state index is 0.00370. The maximum absolute atomic E-state index is 11.5. The fourth-order valence-corrected chi connectivity index (χ4v) is 3.30. The summed E-state index contributed by atoms with van der Waals surface area (Å²) in [7, 11) is 0. The van der Waals surface area contributed by atoms with Crippen molar-refractivity contribution in [2.75, 3.05) is 13.2 Å². The van der Waals surface area contributed by atoms with E-state index in [-0.39, 0.29) is 12.0 Å². The first-order valence-electron chi connectivity index (χ1n) is 11.6. The molecule has 0 aliphatic rings. The number of carbonyl (C=O) groups is 1. The van der Waals surface area contributed by atoms with E-state index in [0.29, 0.717) is 13.2 Å². The minimum atomic E-state index is -0.314. The number of carbonyl (C=O) groups excluding carboxylic acids is 1. The highest BCUT2D eigenvalue weighted by molar-refractivity contribution is 5.80. The number of hydrogen-bond donors (Lipinski definition) is 1. The molecule has 3 heteroatoms. The summed E-state index contributed by atoms with van der Waals surface area (Å²) in [4.78, 5) is 11.5. The average Bonchev–Trinajstić information content (AvgIpc) is 2.64. The predicted octanol–water partition coefficient (Wildman–Crippen LogP) is 6.79. The van der Waals surface area contributed by atoms with Gasteiger partial charge in [0.1, 0.15) is 6.10 Å². The van der Waals surface area contributed by atoms with Gasteiger partial charge >= 0.3 is 0 Å². The molecule has 1 atom stereocenters. The molecule has 156 valence electrons. The second-order valence-electron chi connectivity index (χ2n) is 7.71. The van der Waals surface area contributed by atoms with Gasteiger partial charge in [-0.3, -0.25) is 4.79 Å². The minimum Gasteiger partial charge on any atom is -0.369 e. The molecule has 3 nitrogen and oxygen atoms in total. The molecular formula is C23H47NO2. The van der Waals surface area contributed by atoms with Gasteiger partial charge in [-0.05, 0) is 20.3 Å². The van der Waals surface area contributed by atoms with Crippen LogP contribution in [0.4, 0.5) is 0 Å².